The number of aromatic nitrogens is 2. The fraction of sp³-hybridized carbons (Fsp3) is 0. The van der Waals surface area contributed by atoms with Crippen molar-refractivity contribution in [2.24, 2.45) is 4.99 Å². The van der Waals surface area contributed by atoms with Gasteiger partial charge in [0.2, 0.25) is 6.19 Å². The fourth-order valence-corrected chi connectivity index (χ4v) is 3.28. The molecule has 0 amide bonds. The molecule has 5 nitrogen and oxygen atoms in total. The zero-order valence-electron chi connectivity index (χ0n) is 14.4. The molecular weight excluding hydrogens is 355 g/mol. The minimum atomic E-state index is -0.319. The minimum absolute atomic E-state index is 0.319. The summed E-state index contributed by atoms with van der Waals surface area (Å²) in [6.07, 6.45) is 1.85. The molecule has 1 heterocycles. The van der Waals surface area contributed by atoms with Crippen molar-refractivity contribution < 1.29 is 9.13 Å². The van der Waals surface area contributed by atoms with Crippen LogP contribution in [0, 0.1) is 17.3 Å². The van der Waals surface area contributed by atoms with Crippen LogP contribution in [-0.4, -0.2) is 15.7 Å². The molecule has 0 bridgehead atoms. The van der Waals surface area contributed by atoms with Crippen molar-refractivity contribution in [2.45, 2.75) is 0 Å². The molecule has 3 aromatic carbocycles. The maximum atomic E-state index is 13.1. The predicted octanol–water partition coefficient (Wildman–Crippen LogP) is 4.86. The van der Waals surface area contributed by atoms with Crippen LogP contribution in [0.1, 0.15) is 11.3 Å². The van der Waals surface area contributed by atoms with Crippen LogP contribution >= 0.6 is 0 Å². The zero-order chi connectivity index (χ0) is 19.1. The van der Waals surface area contributed by atoms with E-state index in [9.17, 15) is 4.39 Å². The van der Waals surface area contributed by atoms with Crippen LogP contribution in [0.3, 0.4) is 0 Å². The summed E-state index contributed by atoms with van der Waals surface area (Å²) >= 11 is 0. The van der Waals surface area contributed by atoms with Gasteiger partial charge >= 0.3 is 0 Å². The topological polar surface area (TPSA) is 71.2 Å². The summed E-state index contributed by atoms with van der Waals surface area (Å²) in [5, 5.41) is 9.06. The maximum Gasteiger partial charge on any atom is 0.206 e. The van der Waals surface area contributed by atoms with Crippen molar-refractivity contribution in [2.75, 3.05) is 0 Å². The first kappa shape index (κ1) is 16.1. The van der Waals surface area contributed by atoms with Gasteiger partial charge in [0.1, 0.15) is 28.7 Å². The highest BCUT2D eigenvalue weighted by atomic mass is 19.1. The van der Waals surface area contributed by atoms with Gasteiger partial charge in [-0.15, -0.1) is 0 Å². The molecule has 0 aliphatic heterocycles. The number of nitrogens with zero attached hydrogens (tertiary/aromatic N) is 4. The number of rotatable bonds is 2. The van der Waals surface area contributed by atoms with E-state index in [-0.39, 0.29) is 5.82 Å². The highest BCUT2D eigenvalue weighted by molar-refractivity contribution is 6.23. The number of aliphatic imine (C=N–C) groups is 1. The minimum Gasteiger partial charge on any atom is -0.457 e. The smallest absolute Gasteiger partial charge is 0.206 e. The van der Waals surface area contributed by atoms with Crippen LogP contribution in [0.5, 0.6) is 11.5 Å². The average molecular weight is 366 g/mol. The van der Waals surface area contributed by atoms with Crippen molar-refractivity contribution in [1.29, 1.82) is 5.26 Å². The van der Waals surface area contributed by atoms with Crippen LogP contribution in [-0.2, 0) is 0 Å². The average Bonchev–Trinajstić information content (AvgIpc) is 3.02. The van der Waals surface area contributed by atoms with Crippen LogP contribution in [0.15, 0.2) is 71.7 Å². The molecule has 1 aromatic heterocycles. The normalized spacial score (nSPS) is 13.2. The molecule has 5 rings (SSSR count). The second kappa shape index (κ2) is 6.25. The molecule has 0 atom stereocenters. The first-order valence-electron chi connectivity index (χ1n) is 8.55. The van der Waals surface area contributed by atoms with Crippen molar-refractivity contribution in [1.82, 2.24) is 9.97 Å². The molecule has 0 saturated carbocycles. The highest BCUT2D eigenvalue weighted by Gasteiger charge is 2.28. The third-order valence-electron chi connectivity index (χ3n) is 4.51. The van der Waals surface area contributed by atoms with E-state index in [2.05, 4.69) is 9.98 Å². The molecule has 6 heteroatoms. The van der Waals surface area contributed by atoms with Crippen molar-refractivity contribution in [3.05, 3.63) is 83.8 Å². The lowest BCUT2D eigenvalue weighted by atomic mass is 10.1. The fourth-order valence-electron chi connectivity index (χ4n) is 3.28. The second-order valence-corrected chi connectivity index (χ2v) is 6.23. The summed E-state index contributed by atoms with van der Waals surface area (Å²) in [7, 11) is 0. The van der Waals surface area contributed by atoms with E-state index in [1.807, 2.05) is 30.5 Å². The lowest BCUT2D eigenvalue weighted by Crippen LogP contribution is -2.01. The first-order valence-corrected chi connectivity index (χ1v) is 8.55. The Kier molecular flexibility index (Phi) is 3.59. The third-order valence-corrected chi connectivity index (χ3v) is 4.51. The Labute approximate surface area is 159 Å². The van der Waals surface area contributed by atoms with E-state index in [1.165, 1.54) is 12.1 Å². The van der Waals surface area contributed by atoms with Crippen molar-refractivity contribution in [3.63, 3.8) is 0 Å². The molecule has 0 spiro atoms. The largest absolute Gasteiger partial charge is 0.457 e. The van der Waals surface area contributed by atoms with Gasteiger partial charge in [0.25, 0.3) is 0 Å². The molecule has 0 unspecified atom stereocenters. The van der Waals surface area contributed by atoms with Gasteiger partial charge in [-0.05, 0) is 36.4 Å². The summed E-state index contributed by atoms with van der Waals surface area (Å²) < 4.78 is 18.9. The van der Waals surface area contributed by atoms with Gasteiger partial charge in [-0.3, -0.25) is 0 Å². The SMILES string of the molecule is N#CN=C1c2ccccc2-c2nc3cc(Oc4ccc(F)cc4)ccc3nc21. The molecule has 0 radical (unpaired) electrons. The van der Waals surface area contributed by atoms with Gasteiger partial charge in [-0.2, -0.15) is 10.3 Å². The van der Waals surface area contributed by atoms with Crippen molar-refractivity contribution >= 4 is 16.7 Å². The molecule has 0 N–H and O–H groups in total. The Morgan fingerprint density at radius 1 is 0.821 bits per heavy atom. The molecule has 28 heavy (non-hydrogen) atoms. The maximum absolute atomic E-state index is 13.1. The Balaban J connectivity index is 1.62. The summed E-state index contributed by atoms with van der Waals surface area (Å²) in [5.74, 6) is 0.787. The molecule has 132 valence electrons. The Hall–Kier alpha value is -4.11. The number of fused-ring (bicyclic) bond motifs is 4. The molecule has 1 aliphatic rings. The molecule has 0 fully saturated rings. The van der Waals surface area contributed by atoms with Gasteiger partial charge in [0, 0.05) is 17.2 Å². The monoisotopic (exact) mass is 366 g/mol. The standard InChI is InChI=1S/C22H11FN4O/c23-13-5-7-14(8-6-13)28-15-9-10-18-19(11-15)27-21-17-4-2-1-3-16(17)20(25-12-24)22(21)26-18/h1-11H. The van der Waals surface area contributed by atoms with Crippen LogP contribution in [0.25, 0.3) is 22.3 Å². The van der Waals surface area contributed by atoms with Crippen molar-refractivity contribution in [3.8, 4) is 28.9 Å². The number of hydrogen-bond donors (Lipinski definition) is 0. The van der Waals surface area contributed by atoms with E-state index in [0.29, 0.717) is 39.6 Å². The number of hydrogen-bond acceptors (Lipinski definition) is 5. The van der Waals surface area contributed by atoms with Gasteiger partial charge in [-0.1, -0.05) is 24.3 Å². The number of halogens is 1. The third kappa shape index (κ3) is 2.58. The summed E-state index contributed by atoms with van der Waals surface area (Å²) in [6.45, 7) is 0. The Bertz CT molecular complexity index is 1310. The molecular formula is C22H11FN4O. The number of nitriles is 1. The number of ether oxygens (including phenoxy) is 1. The predicted molar refractivity (Wildman–Crippen MR) is 103 cm³/mol. The summed E-state index contributed by atoms with van der Waals surface area (Å²) in [6, 6.07) is 18.8. The zero-order valence-corrected chi connectivity index (χ0v) is 14.4. The van der Waals surface area contributed by atoms with E-state index in [0.717, 1.165) is 11.1 Å². The van der Waals surface area contributed by atoms with Gasteiger partial charge in [0.05, 0.1) is 16.7 Å². The van der Waals surface area contributed by atoms with Crippen LogP contribution in [0.2, 0.25) is 0 Å². The van der Waals surface area contributed by atoms with Crippen LogP contribution in [0.4, 0.5) is 4.39 Å². The van der Waals surface area contributed by atoms with Gasteiger partial charge < -0.3 is 4.74 Å². The molecule has 4 aromatic rings. The van der Waals surface area contributed by atoms with Crippen LogP contribution < -0.4 is 4.74 Å². The summed E-state index contributed by atoms with van der Waals surface area (Å²) in [5.41, 5.74) is 4.89. The quantitative estimate of drug-likeness (QED) is 0.418. The Morgan fingerprint density at radius 3 is 2.32 bits per heavy atom. The first-order chi connectivity index (χ1) is 13.7. The van der Waals surface area contributed by atoms with E-state index >= 15 is 0 Å². The Morgan fingerprint density at radius 2 is 1.54 bits per heavy atom. The highest BCUT2D eigenvalue weighted by Crippen LogP contribution is 2.36. The van der Waals surface area contributed by atoms with E-state index in [4.69, 9.17) is 15.0 Å². The van der Waals surface area contributed by atoms with Gasteiger partial charge in [0.15, 0.2) is 0 Å². The summed E-state index contributed by atoms with van der Waals surface area (Å²) in [4.78, 5) is 13.4. The van der Waals surface area contributed by atoms with E-state index < -0.39 is 0 Å². The number of benzene rings is 3. The lowest BCUT2D eigenvalue weighted by Gasteiger charge is -2.07. The molecule has 0 saturated heterocycles. The van der Waals surface area contributed by atoms with Gasteiger partial charge in [-0.25, -0.2) is 14.4 Å². The molecule has 1 aliphatic carbocycles. The van der Waals surface area contributed by atoms with E-state index in [1.54, 1.807) is 30.3 Å². The lowest BCUT2D eigenvalue weighted by molar-refractivity contribution is 0.481. The second-order valence-electron chi connectivity index (χ2n) is 6.23.